The van der Waals surface area contributed by atoms with Crippen LogP contribution in [0.4, 0.5) is 4.79 Å². The first kappa shape index (κ1) is 14.0. The number of hydrogen-bond acceptors (Lipinski definition) is 3. The third-order valence-corrected chi connectivity index (χ3v) is 4.47. The summed E-state index contributed by atoms with van der Waals surface area (Å²) in [6.07, 6.45) is 6.73. The Morgan fingerprint density at radius 2 is 2.38 bits per heavy atom. The van der Waals surface area contributed by atoms with Crippen molar-refractivity contribution >= 4 is 29.6 Å². The van der Waals surface area contributed by atoms with Crippen LogP contribution in [0.1, 0.15) is 25.7 Å². The molecular weight excluding hydrogens is 240 g/mol. The number of unbranched alkanes of at least 4 members (excludes halogenated alkanes) is 1. The fourth-order valence-electron chi connectivity index (χ4n) is 1.66. The number of carbonyl (C=O) groups excluding carboxylic acids is 1. The monoisotopic (exact) mass is 262 g/mol. The van der Waals surface area contributed by atoms with Crippen molar-refractivity contribution in [1.29, 1.82) is 0 Å². The van der Waals surface area contributed by atoms with Crippen LogP contribution in [0, 0.1) is 0 Å². The van der Waals surface area contributed by atoms with Crippen LogP contribution in [0.2, 0.25) is 0 Å². The third kappa shape index (κ3) is 6.53. The highest BCUT2D eigenvalue weighted by molar-refractivity contribution is 7.99. The number of thioether (sulfide) groups is 2. The second kappa shape index (κ2) is 9.05. The van der Waals surface area contributed by atoms with E-state index in [4.69, 9.17) is 0 Å². The smallest absolute Gasteiger partial charge is 0.315 e. The first-order valence-electron chi connectivity index (χ1n) is 5.94. The highest BCUT2D eigenvalue weighted by atomic mass is 32.2. The number of rotatable bonds is 6. The zero-order valence-corrected chi connectivity index (χ0v) is 11.6. The van der Waals surface area contributed by atoms with Gasteiger partial charge < -0.3 is 10.6 Å². The highest BCUT2D eigenvalue weighted by Crippen LogP contribution is 2.16. The minimum absolute atomic E-state index is 0.0108. The van der Waals surface area contributed by atoms with E-state index in [2.05, 4.69) is 16.9 Å². The molecule has 1 saturated heterocycles. The number of urea groups is 1. The summed E-state index contributed by atoms with van der Waals surface area (Å²) in [4.78, 5) is 11.5. The molecule has 0 unspecified atom stereocenters. The molecule has 1 fully saturated rings. The van der Waals surface area contributed by atoms with Crippen molar-refractivity contribution in [1.82, 2.24) is 10.6 Å². The lowest BCUT2D eigenvalue weighted by atomic mass is 10.2. The van der Waals surface area contributed by atoms with Crippen LogP contribution in [-0.2, 0) is 0 Å². The molecule has 16 heavy (non-hydrogen) atoms. The Morgan fingerprint density at radius 3 is 3.06 bits per heavy atom. The Kier molecular flexibility index (Phi) is 7.93. The van der Waals surface area contributed by atoms with Crippen molar-refractivity contribution < 1.29 is 4.79 Å². The molecule has 94 valence electrons. The number of nitrogens with one attached hydrogen (secondary N) is 2. The number of amides is 2. The van der Waals surface area contributed by atoms with Crippen LogP contribution in [0.3, 0.4) is 0 Å². The maximum Gasteiger partial charge on any atom is 0.315 e. The van der Waals surface area contributed by atoms with E-state index in [9.17, 15) is 4.79 Å². The maximum atomic E-state index is 11.5. The summed E-state index contributed by atoms with van der Waals surface area (Å²) < 4.78 is 0. The van der Waals surface area contributed by atoms with Crippen molar-refractivity contribution in [2.75, 3.05) is 30.1 Å². The molecule has 0 aliphatic carbocycles. The van der Waals surface area contributed by atoms with Crippen molar-refractivity contribution in [3.8, 4) is 0 Å². The molecule has 3 nitrogen and oxygen atoms in total. The second-order valence-electron chi connectivity index (χ2n) is 4.01. The number of carbonyl (C=O) groups is 1. The molecule has 1 rings (SSSR count). The van der Waals surface area contributed by atoms with Gasteiger partial charge in [0.1, 0.15) is 0 Å². The molecule has 2 N–H and O–H groups in total. The predicted molar refractivity (Wildman–Crippen MR) is 74.5 cm³/mol. The lowest BCUT2D eigenvalue weighted by Crippen LogP contribution is -2.44. The van der Waals surface area contributed by atoms with Gasteiger partial charge in [-0.05, 0) is 43.4 Å². The predicted octanol–water partition coefficient (Wildman–Crippen LogP) is 2.32. The van der Waals surface area contributed by atoms with Crippen LogP contribution >= 0.6 is 23.5 Å². The van der Waals surface area contributed by atoms with Gasteiger partial charge >= 0.3 is 6.03 Å². The van der Waals surface area contributed by atoms with Crippen LogP contribution in [-0.4, -0.2) is 42.1 Å². The van der Waals surface area contributed by atoms with Crippen LogP contribution < -0.4 is 10.6 Å². The highest BCUT2D eigenvalue weighted by Gasteiger charge is 2.15. The molecule has 0 bridgehead atoms. The van der Waals surface area contributed by atoms with Crippen LogP contribution in [0.15, 0.2) is 0 Å². The minimum atomic E-state index is 0.0108. The van der Waals surface area contributed by atoms with Crippen molar-refractivity contribution in [2.24, 2.45) is 0 Å². The van der Waals surface area contributed by atoms with Crippen molar-refractivity contribution in [3.63, 3.8) is 0 Å². The molecule has 0 radical (unpaired) electrons. The zero-order valence-electron chi connectivity index (χ0n) is 9.96. The van der Waals surface area contributed by atoms with Gasteiger partial charge in [-0.25, -0.2) is 4.79 Å². The molecule has 1 aliphatic heterocycles. The maximum absolute atomic E-state index is 11.5. The van der Waals surface area contributed by atoms with Gasteiger partial charge in [0.05, 0.1) is 0 Å². The van der Waals surface area contributed by atoms with Crippen LogP contribution in [0.25, 0.3) is 0 Å². The first-order chi connectivity index (χ1) is 7.83. The first-order valence-corrected chi connectivity index (χ1v) is 8.49. The van der Waals surface area contributed by atoms with E-state index in [1.54, 1.807) is 0 Å². The number of hydrogen-bond donors (Lipinski definition) is 2. The minimum Gasteiger partial charge on any atom is -0.338 e. The van der Waals surface area contributed by atoms with Gasteiger partial charge in [0, 0.05) is 18.3 Å². The fraction of sp³-hybridized carbons (Fsp3) is 0.909. The molecule has 0 aromatic heterocycles. The zero-order chi connectivity index (χ0) is 11.6. The van der Waals surface area contributed by atoms with Gasteiger partial charge in [-0.3, -0.25) is 0 Å². The Bertz CT molecular complexity index is 196. The molecule has 0 spiro atoms. The second-order valence-corrected chi connectivity index (χ2v) is 6.15. The summed E-state index contributed by atoms with van der Waals surface area (Å²) in [7, 11) is 0. The summed E-state index contributed by atoms with van der Waals surface area (Å²) in [5.41, 5.74) is 0. The SMILES string of the molecule is CSCCCCNC(=O)N[C@H]1CCCSC1. The molecule has 1 atom stereocenters. The van der Waals surface area contributed by atoms with E-state index in [1.807, 2.05) is 23.5 Å². The van der Waals surface area contributed by atoms with E-state index in [-0.39, 0.29) is 6.03 Å². The van der Waals surface area contributed by atoms with Gasteiger partial charge in [0.2, 0.25) is 0 Å². The molecular formula is C11H22N2OS2. The van der Waals surface area contributed by atoms with Gasteiger partial charge in [-0.1, -0.05) is 0 Å². The average Bonchev–Trinajstić information content (AvgIpc) is 2.30. The lowest BCUT2D eigenvalue weighted by Gasteiger charge is -2.22. The van der Waals surface area contributed by atoms with E-state index < -0.39 is 0 Å². The summed E-state index contributed by atoms with van der Waals surface area (Å²) >= 11 is 3.79. The van der Waals surface area contributed by atoms with Crippen LogP contribution in [0.5, 0.6) is 0 Å². The van der Waals surface area contributed by atoms with Gasteiger partial charge in [-0.2, -0.15) is 23.5 Å². The molecule has 0 aromatic rings. The Hall–Kier alpha value is -0.0300. The van der Waals surface area contributed by atoms with Gasteiger partial charge in [0.25, 0.3) is 0 Å². The van der Waals surface area contributed by atoms with Crippen molar-refractivity contribution in [3.05, 3.63) is 0 Å². The summed E-state index contributed by atoms with van der Waals surface area (Å²) in [6.45, 7) is 0.798. The molecule has 1 aliphatic rings. The van der Waals surface area contributed by atoms with Gasteiger partial charge in [-0.15, -0.1) is 0 Å². The fourth-order valence-corrected chi connectivity index (χ4v) is 3.23. The Morgan fingerprint density at radius 1 is 1.50 bits per heavy atom. The average molecular weight is 262 g/mol. The third-order valence-electron chi connectivity index (χ3n) is 2.56. The van der Waals surface area contributed by atoms with E-state index in [1.165, 1.54) is 24.3 Å². The summed E-state index contributed by atoms with van der Waals surface area (Å²) in [5.74, 6) is 3.50. The Balaban J connectivity index is 1.97. The molecule has 0 saturated carbocycles. The molecule has 1 heterocycles. The largest absolute Gasteiger partial charge is 0.338 e. The standard InChI is InChI=1S/C11H22N2OS2/c1-15-7-3-2-6-12-11(14)13-10-5-4-8-16-9-10/h10H,2-9H2,1H3,(H2,12,13,14)/t10-/m0/s1. The molecule has 2 amide bonds. The summed E-state index contributed by atoms with van der Waals surface area (Å²) in [5, 5.41) is 5.95. The van der Waals surface area contributed by atoms with E-state index in [0.717, 1.165) is 25.1 Å². The van der Waals surface area contributed by atoms with E-state index >= 15 is 0 Å². The molecule has 5 heteroatoms. The normalized spacial score (nSPS) is 20.4. The van der Waals surface area contributed by atoms with Crippen molar-refractivity contribution in [2.45, 2.75) is 31.7 Å². The van der Waals surface area contributed by atoms with Gasteiger partial charge in [0.15, 0.2) is 0 Å². The Labute approximate surface area is 107 Å². The quantitative estimate of drug-likeness (QED) is 0.722. The van der Waals surface area contributed by atoms with E-state index in [0.29, 0.717) is 6.04 Å². The topological polar surface area (TPSA) is 41.1 Å². The lowest BCUT2D eigenvalue weighted by molar-refractivity contribution is 0.237. The summed E-state index contributed by atoms with van der Waals surface area (Å²) in [6, 6.07) is 0.390. The molecule has 0 aromatic carbocycles.